The molecule has 4 heteroatoms. The van der Waals surface area contributed by atoms with E-state index in [1.807, 2.05) is 13.0 Å². The van der Waals surface area contributed by atoms with Crippen molar-refractivity contribution < 1.29 is 4.74 Å². The van der Waals surface area contributed by atoms with Gasteiger partial charge in [0.2, 0.25) is 0 Å². The number of anilines is 1. The molecule has 0 saturated carbocycles. The Morgan fingerprint density at radius 3 is 2.88 bits per heavy atom. The van der Waals surface area contributed by atoms with Gasteiger partial charge in [0.05, 0.1) is 17.2 Å². The molecule has 82 valence electrons. The molecule has 1 heterocycles. The van der Waals surface area contributed by atoms with Gasteiger partial charge in [-0.25, -0.2) is 0 Å². The minimum atomic E-state index is -0.264. The van der Waals surface area contributed by atoms with Crippen LogP contribution in [-0.2, 0) is 4.74 Å². The van der Waals surface area contributed by atoms with Crippen molar-refractivity contribution >= 4 is 17.3 Å². The topological polar surface area (TPSA) is 48.4 Å². The quantitative estimate of drug-likeness (QED) is 0.818. The van der Waals surface area contributed by atoms with Gasteiger partial charge in [-0.15, -0.1) is 0 Å². The first-order valence-electron chi connectivity index (χ1n) is 4.85. The van der Waals surface area contributed by atoms with Gasteiger partial charge in [-0.1, -0.05) is 18.2 Å². The average Bonchev–Trinajstić information content (AvgIpc) is 2.98. The number of hydrogen-bond acceptors (Lipinski definition) is 3. The Balaban J connectivity index is 2.14. The number of halogens is 1. The third kappa shape index (κ3) is 2.04. The van der Waals surface area contributed by atoms with E-state index in [1.165, 1.54) is 0 Å². The molecule has 1 aromatic carbocycles. The van der Waals surface area contributed by atoms with Crippen LogP contribution in [0.25, 0.3) is 0 Å². The molecule has 0 amide bonds. The Labute approximate surface area is 99.3 Å². The van der Waals surface area contributed by atoms with Gasteiger partial charge in [0.1, 0.15) is 11.7 Å². The molecule has 0 radical (unpaired) electrons. The molecule has 0 aromatic heterocycles. The highest BCUT2D eigenvalue weighted by molar-refractivity contribution is 6.32. The maximum absolute atomic E-state index is 8.74. The molecule has 0 unspecified atom stereocenters. The number of nitrogens with one attached hydrogen (secondary N) is 1. The van der Waals surface area contributed by atoms with Crippen molar-refractivity contribution in [1.29, 1.82) is 5.26 Å². The first-order chi connectivity index (χ1) is 7.55. The summed E-state index contributed by atoms with van der Waals surface area (Å²) < 4.78 is 5.26. The molecule has 1 N–H and O–H groups in total. The summed E-state index contributed by atoms with van der Waals surface area (Å²) in [4.78, 5) is 0. The fourth-order valence-corrected chi connectivity index (χ4v) is 1.50. The number of ether oxygens (including phenoxy) is 1. The standard InChI is InChI=1S/C12H11ClN2O/c1-8(12(2)7-16-12)15-10-4-3-9(6-14)11(13)5-10/h3-5,15H,1,7H2,2H3/t12-/m0/s1. The average molecular weight is 235 g/mol. The van der Waals surface area contributed by atoms with Crippen LogP contribution in [0.4, 0.5) is 5.69 Å². The molecule has 3 nitrogen and oxygen atoms in total. The second-order valence-electron chi connectivity index (χ2n) is 3.93. The van der Waals surface area contributed by atoms with Gasteiger partial charge in [0.25, 0.3) is 0 Å². The molecule has 1 aromatic rings. The number of nitrogens with zero attached hydrogens (tertiary/aromatic N) is 1. The Morgan fingerprint density at radius 1 is 1.69 bits per heavy atom. The van der Waals surface area contributed by atoms with E-state index in [0.29, 0.717) is 17.2 Å². The summed E-state index contributed by atoms with van der Waals surface area (Å²) in [5, 5.41) is 12.3. The van der Waals surface area contributed by atoms with Crippen molar-refractivity contribution in [3.63, 3.8) is 0 Å². The fourth-order valence-electron chi connectivity index (χ4n) is 1.27. The molecule has 1 aliphatic heterocycles. The lowest BCUT2D eigenvalue weighted by Crippen LogP contribution is -2.15. The SMILES string of the molecule is C=C(Nc1ccc(C#N)c(Cl)c1)[C@]1(C)CO1. The van der Waals surface area contributed by atoms with Crippen molar-refractivity contribution in [2.24, 2.45) is 0 Å². The van der Waals surface area contributed by atoms with E-state index in [0.717, 1.165) is 11.4 Å². The summed E-state index contributed by atoms with van der Waals surface area (Å²) in [6.07, 6.45) is 0. The molecular weight excluding hydrogens is 224 g/mol. The molecule has 0 aliphatic carbocycles. The Morgan fingerprint density at radius 2 is 2.38 bits per heavy atom. The van der Waals surface area contributed by atoms with Crippen molar-refractivity contribution in [3.8, 4) is 6.07 Å². The van der Waals surface area contributed by atoms with Crippen LogP contribution in [0.5, 0.6) is 0 Å². The van der Waals surface area contributed by atoms with Crippen LogP contribution in [0.2, 0.25) is 5.02 Å². The molecule has 0 bridgehead atoms. The highest BCUT2D eigenvalue weighted by atomic mass is 35.5. The van der Waals surface area contributed by atoms with E-state index < -0.39 is 0 Å². The van der Waals surface area contributed by atoms with E-state index >= 15 is 0 Å². The number of epoxide rings is 1. The highest BCUT2D eigenvalue weighted by Gasteiger charge is 2.42. The summed E-state index contributed by atoms with van der Waals surface area (Å²) in [5.74, 6) is 0. The summed E-state index contributed by atoms with van der Waals surface area (Å²) in [6.45, 7) is 6.56. The van der Waals surface area contributed by atoms with Crippen LogP contribution >= 0.6 is 11.6 Å². The Hall–Kier alpha value is -1.50. The Kier molecular flexibility index (Phi) is 2.63. The van der Waals surface area contributed by atoms with E-state index in [-0.39, 0.29) is 5.60 Å². The van der Waals surface area contributed by atoms with Crippen LogP contribution in [0, 0.1) is 11.3 Å². The monoisotopic (exact) mass is 234 g/mol. The lowest BCUT2D eigenvalue weighted by Gasteiger charge is -2.13. The summed E-state index contributed by atoms with van der Waals surface area (Å²) in [5.41, 5.74) is 1.81. The minimum absolute atomic E-state index is 0.264. The fraction of sp³-hybridized carbons (Fsp3) is 0.250. The number of benzene rings is 1. The van der Waals surface area contributed by atoms with Gasteiger partial charge in [0.15, 0.2) is 0 Å². The third-order valence-electron chi connectivity index (χ3n) is 2.60. The first-order valence-corrected chi connectivity index (χ1v) is 5.23. The molecule has 16 heavy (non-hydrogen) atoms. The van der Waals surface area contributed by atoms with Gasteiger partial charge in [-0.05, 0) is 25.1 Å². The largest absolute Gasteiger partial charge is 0.363 e. The molecule has 0 spiro atoms. The zero-order chi connectivity index (χ0) is 11.8. The van der Waals surface area contributed by atoms with Crippen LogP contribution in [0.15, 0.2) is 30.5 Å². The zero-order valence-electron chi connectivity index (χ0n) is 8.88. The van der Waals surface area contributed by atoms with Crippen LogP contribution in [-0.4, -0.2) is 12.2 Å². The van der Waals surface area contributed by atoms with Crippen molar-refractivity contribution in [2.45, 2.75) is 12.5 Å². The molecule has 2 rings (SSSR count). The maximum Gasteiger partial charge on any atom is 0.128 e. The number of nitriles is 1. The molecule has 1 fully saturated rings. The zero-order valence-corrected chi connectivity index (χ0v) is 9.64. The Bertz CT molecular complexity index is 486. The van der Waals surface area contributed by atoms with Crippen molar-refractivity contribution in [3.05, 3.63) is 41.1 Å². The smallest absolute Gasteiger partial charge is 0.128 e. The maximum atomic E-state index is 8.74. The number of rotatable bonds is 3. The van der Waals surface area contributed by atoms with Crippen LogP contribution in [0.1, 0.15) is 12.5 Å². The van der Waals surface area contributed by atoms with Crippen molar-refractivity contribution in [1.82, 2.24) is 0 Å². The summed E-state index contributed by atoms with van der Waals surface area (Å²) >= 11 is 5.92. The second-order valence-corrected chi connectivity index (χ2v) is 4.34. The highest BCUT2D eigenvalue weighted by Crippen LogP contribution is 2.34. The van der Waals surface area contributed by atoms with Gasteiger partial charge in [-0.2, -0.15) is 5.26 Å². The summed E-state index contributed by atoms with van der Waals surface area (Å²) in [6, 6.07) is 7.18. The van der Waals surface area contributed by atoms with E-state index in [4.69, 9.17) is 21.6 Å². The molecule has 1 aliphatic rings. The first kappa shape index (κ1) is 11.0. The summed E-state index contributed by atoms with van der Waals surface area (Å²) in [7, 11) is 0. The molecule has 1 saturated heterocycles. The number of hydrogen-bond donors (Lipinski definition) is 1. The van der Waals surface area contributed by atoms with Gasteiger partial charge in [0, 0.05) is 11.4 Å². The van der Waals surface area contributed by atoms with E-state index in [2.05, 4.69) is 11.9 Å². The lowest BCUT2D eigenvalue weighted by atomic mass is 10.1. The van der Waals surface area contributed by atoms with E-state index in [9.17, 15) is 0 Å². The van der Waals surface area contributed by atoms with Gasteiger partial charge in [-0.3, -0.25) is 0 Å². The van der Waals surface area contributed by atoms with Gasteiger partial charge >= 0.3 is 0 Å². The van der Waals surface area contributed by atoms with E-state index in [1.54, 1.807) is 18.2 Å². The van der Waals surface area contributed by atoms with Gasteiger partial charge < -0.3 is 10.1 Å². The second kappa shape index (κ2) is 3.82. The predicted molar refractivity (Wildman–Crippen MR) is 63.3 cm³/mol. The molecule has 1 atom stereocenters. The van der Waals surface area contributed by atoms with Crippen LogP contribution < -0.4 is 5.32 Å². The van der Waals surface area contributed by atoms with Crippen molar-refractivity contribution in [2.75, 3.05) is 11.9 Å². The minimum Gasteiger partial charge on any atom is -0.363 e. The normalized spacial score (nSPS) is 22.3. The lowest BCUT2D eigenvalue weighted by molar-refractivity contribution is 0.359. The van der Waals surface area contributed by atoms with Crippen LogP contribution in [0.3, 0.4) is 0 Å². The molecular formula is C12H11ClN2O. The predicted octanol–water partition coefficient (Wildman–Crippen LogP) is 2.93. The third-order valence-corrected chi connectivity index (χ3v) is 2.91.